The van der Waals surface area contributed by atoms with E-state index in [4.69, 9.17) is 10.5 Å². The highest BCUT2D eigenvalue weighted by Crippen LogP contribution is 2.24. The van der Waals surface area contributed by atoms with E-state index in [-0.39, 0.29) is 5.25 Å². The summed E-state index contributed by atoms with van der Waals surface area (Å²) in [4.78, 5) is 0.693. The summed E-state index contributed by atoms with van der Waals surface area (Å²) in [5, 5.41) is 0.0385. The molecule has 16 heavy (non-hydrogen) atoms. The van der Waals surface area contributed by atoms with E-state index in [2.05, 4.69) is 15.9 Å². The largest absolute Gasteiger partial charge is 0.398 e. The molecule has 2 atom stereocenters. The normalized spacial score (nSPS) is 14.7. The lowest BCUT2D eigenvalue weighted by Gasteiger charge is -2.12. The van der Waals surface area contributed by atoms with Crippen LogP contribution in [0.15, 0.2) is 27.6 Å². The third kappa shape index (κ3) is 3.57. The zero-order valence-electron chi connectivity index (χ0n) is 9.40. The molecular formula is C11H16BrNO2S. The number of nitrogens with two attached hydrogens (primary N) is 1. The summed E-state index contributed by atoms with van der Waals surface area (Å²) < 4.78 is 18.0. The van der Waals surface area contributed by atoms with E-state index in [9.17, 15) is 4.21 Å². The van der Waals surface area contributed by atoms with Crippen LogP contribution in [0, 0.1) is 0 Å². The molecule has 0 amide bonds. The first-order valence-corrected chi connectivity index (χ1v) is 7.01. The Morgan fingerprint density at radius 2 is 2.25 bits per heavy atom. The van der Waals surface area contributed by atoms with Gasteiger partial charge < -0.3 is 10.5 Å². The predicted octanol–water partition coefficient (Wildman–Crippen LogP) is 2.56. The summed E-state index contributed by atoms with van der Waals surface area (Å²) in [6.07, 6.45) is 0.759. The third-order valence-electron chi connectivity index (χ3n) is 2.29. The van der Waals surface area contributed by atoms with E-state index < -0.39 is 10.8 Å². The lowest BCUT2D eigenvalue weighted by atomic mass is 10.3. The van der Waals surface area contributed by atoms with Gasteiger partial charge in [0.15, 0.2) is 0 Å². The molecule has 5 heteroatoms. The van der Waals surface area contributed by atoms with Crippen molar-refractivity contribution in [2.45, 2.75) is 23.5 Å². The first-order valence-electron chi connectivity index (χ1n) is 5.00. The minimum Gasteiger partial charge on any atom is -0.398 e. The summed E-state index contributed by atoms with van der Waals surface area (Å²) >= 11 is 3.35. The minimum atomic E-state index is -1.09. The van der Waals surface area contributed by atoms with Crippen molar-refractivity contribution < 1.29 is 8.95 Å². The molecule has 0 saturated heterocycles. The van der Waals surface area contributed by atoms with Crippen molar-refractivity contribution in [2.24, 2.45) is 0 Å². The van der Waals surface area contributed by atoms with Crippen LogP contribution in [-0.2, 0) is 15.5 Å². The average Bonchev–Trinajstić information content (AvgIpc) is 2.28. The summed E-state index contributed by atoms with van der Waals surface area (Å²) in [6.45, 7) is 2.55. The van der Waals surface area contributed by atoms with Crippen molar-refractivity contribution in [3.63, 3.8) is 0 Å². The highest BCUT2D eigenvalue weighted by atomic mass is 79.9. The van der Waals surface area contributed by atoms with E-state index in [1.807, 2.05) is 19.1 Å². The van der Waals surface area contributed by atoms with Gasteiger partial charge in [-0.1, -0.05) is 22.9 Å². The molecule has 0 aliphatic heterocycles. The fraction of sp³-hybridized carbons (Fsp3) is 0.455. The Labute approximate surface area is 107 Å². The van der Waals surface area contributed by atoms with Crippen molar-refractivity contribution in [2.75, 3.05) is 19.5 Å². The number of halogens is 1. The van der Waals surface area contributed by atoms with Gasteiger partial charge >= 0.3 is 0 Å². The van der Waals surface area contributed by atoms with Crippen LogP contribution in [-0.4, -0.2) is 23.2 Å². The summed E-state index contributed by atoms with van der Waals surface area (Å²) in [5.74, 6) is 0. The molecule has 2 unspecified atom stereocenters. The molecular weight excluding hydrogens is 290 g/mol. The maximum atomic E-state index is 12.2. The number of ether oxygens (including phenoxy) is 1. The molecule has 0 radical (unpaired) electrons. The van der Waals surface area contributed by atoms with Crippen LogP contribution in [0.25, 0.3) is 0 Å². The molecule has 0 aromatic heterocycles. The Morgan fingerprint density at radius 3 is 2.88 bits per heavy atom. The van der Waals surface area contributed by atoms with Gasteiger partial charge in [0.1, 0.15) is 0 Å². The van der Waals surface area contributed by atoms with Crippen LogP contribution in [0.2, 0.25) is 0 Å². The van der Waals surface area contributed by atoms with E-state index in [1.54, 1.807) is 13.2 Å². The van der Waals surface area contributed by atoms with Gasteiger partial charge in [-0.05, 0) is 24.6 Å². The number of hydrogen-bond acceptors (Lipinski definition) is 3. The Morgan fingerprint density at radius 1 is 1.56 bits per heavy atom. The lowest BCUT2D eigenvalue weighted by molar-refractivity contribution is 0.195. The summed E-state index contributed by atoms with van der Waals surface area (Å²) in [6, 6.07) is 5.42. The van der Waals surface area contributed by atoms with Gasteiger partial charge in [0, 0.05) is 29.1 Å². The maximum Gasteiger partial charge on any atom is 0.0631 e. The number of nitrogen functional groups attached to an aromatic ring is 1. The number of rotatable bonds is 5. The summed E-state index contributed by atoms with van der Waals surface area (Å²) in [7, 11) is 0.555. The second-order valence-electron chi connectivity index (χ2n) is 3.57. The van der Waals surface area contributed by atoms with Gasteiger partial charge in [-0.25, -0.2) is 0 Å². The van der Waals surface area contributed by atoms with Gasteiger partial charge in [0.05, 0.1) is 15.7 Å². The van der Waals surface area contributed by atoms with Crippen molar-refractivity contribution in [3.05, 3.63) is 22.7 Å². The topological polar surface area (TPSA) is 52.3 Å². The number of methoxy groups -OCH3 is 1. The van der Waals surface area contributed by atoms with Crippen LogP contribution < -0.4 is 5.73 Å². The highest BCUT2D eigenvalue weighted by molar-refractivity contribution is 9.10. The van der Waals surface area contributed by atoms with Gasteiger partial charge in [-0.2, -0.15) is 0 Å². The quantitative estimate of drug-likeness (QED) is 0.851. The van der Waals surface area contributed by atoms with E-state index in [1.165, 1.54) is 0 Å². The molecule has 0 saturated carbocycles. The van der Waals surface area contributed by atoms with Gasteiger partial charge in [-0.3, -0.25) is 4.21 Å². The van der Waals surface area contributed by atoms with Crippen LogP contribution in [0.5, 0.6) is 0 Å². The summed E-state index contributed by atoms with van der Waals surface area (Å²) in [5.41, 5.74) is 6.39. The standard InChI is InChI=1S/C11H16BrNO2S/c1-8(5-6-15-2)16(14)11-7-9(12)3-4-10(11)13/h3-4,7-8H,5-6,13H2,1-2H3. The van der Waals surface area contributed by atoms with Crippen LogP contribution >= 0.6 is 15.9 Å². The zero-order chi connectivity index (χ0) is 12.1. The van der Waals surface area contributed by atoms with Crippen LogP contribution in [0.1, 0.15) is 13.3 Å². The zero-order valence-corrected chi connectivity index (χ0v) is 11.8. The molecule has 0 aliphatic rings. The molecule has 1 aromatic rings. The molecule has 1 aromatic carbocycles. The minimum absolute atomic E-state index is 0.0385. The molecule has 0 bridgehead atoms. The first kappa shape index (κ1) is 13.7. The SMILES string of the molecule is COCCC(C)S(=O)c1cc(Br)ccc1N. The van der Waals surface area contributed by atoms with Crippen LogP contribution in [0.4, 0.5) is 5.69 Å². The lowest BCUT2D eigenvalue weighted by Crippen LogP contribution is -2.14. The molecule has 1 rings (SSSR count). The Kier molecular flexibility index (Phi) is 5.44. The van der Waals surface area contributed by atoms with Crippen molar-refractivity contribution in [1.29, 1.82) is 0 Å². The number of benzene rings is 1. The number of hydrogen-bond donors (Lipinski definition) is 1. The second kappa shape index (κ2) is 6.37. The Bertz CT molecular complexity index is 384. The smallest absolute Gasteiger partial charge is 0.0631 e. The molecule has 2 N–H and O–H groups in total. The van der Waals surface area contributed by atoms with Crippen molar-refractivity contribution in [1.82, 2.24) is 0 Å². The number of anilines is 1. The van der Waals surface area contributed by atoms with E-state index in [0.29, 0.717) is 17.2 Å². The average molecular weight is 306 g/mol. The van der Waals surface area contributed by atoms with Crippen LogP contribution in [0.3, 0.4) is 0 Å². The first-order chi connectivity index (χ1) is 7.56. The Hall–Kier alpha value is -0.390. The molecule has 0 aliphatic carbocycles. The molecule has 0 fully saturated rings. The monoisotopic (exact) mass is 305 g/mol. The third-order valence-corrected chi connectivity index (χ3v) is 4.53. The molecule has 0 spiro atoms. The van der Waals surface area contributed by atoms with Gasteiger partial charge in [0.25, 0.3) is 0 Å². The molecule has 3 nitrogen and oxygen atoms in total. The second-order valence-corrected chi connectivity index (χ2v) is 6.33. The van der Waals surface area contributed by atoms with E-state index >= 15 is 0 Å². The van der Waals surface area contributed by atoms with E-state index in [0.717, 1.165) is 10.9 Å². The fourth-order valence-electron chi connectivity index (χ4n) is 1.29. The van der Waals surface area contributed by atoms with Gasteiger partial charge in [0.2, 0.25) is 0 Å². The molecule has 0 heterocycles. The predicted molar refractivity (Wildman–Crippen MR) is 70.9 cm³/mol. The maximum absolute atomic E-state index is 12.2. The fourth-order valence-corrected chi connectivity index (χ4v) is 3.09. The highest BCUT2D eigenvalue weighted by Gasteiger charge is 2.15. The Balaban J connectivity index is 2.83. The van der Waals surface area contributed by atoms with Crippen molar-refractivity contribution >= 4 is 32.4 Å². The van der Waals surface area contributed by atoms with Crippen molar-refractivity contribution in [3.8, 4) is 0 Å². The molecule has 90 valence electrons. The van der Waals surface area contributed by atoms with Gasteiger partial charge in [-0.15, -0.1) is 0 Å².